The van der Waals surface area contributed by atoms with Crippen LogP contribution in [0.4, 0.5) is 4.53 Å². The standard InChI is InChI=1S/C9H18O2.C5H10FNO/c1-10-9(11-2)8-6-4-3-5-7-8;6-8-5-1-3-7-4-2-5/h8-9H,3-7H2,1-2H3;5,7H,1-4H2. The molecule has 0 spiro atoms. The minimum Gasteiger partial charge on any atom is -0.356 e. The van der Waals surface area contributed by atoms with Crippen LogP contribution in [0.5, 0.6) is 0 Å². The van der Waals surface area contributed by atoms with Gasteiger partial charge in [0.1, 0.15) is 6.10 Å². The molecule has 0 aromatic rings. The van der Waals surface area contributed by atoms with E-state index in [2.05, 4.69) is 10.3 Å². The Morgan fingerprint density at radius 3 is 1.95 bits per heavy atom. The molecule has 0 aromatic carbocycles. The number of ether oxygens (including phenoxy) is 2. The molecule has 2 aliphatic rings. The maximum absolute atomic E-state index is 11.4. The van der Waals surface area contributed by atoms with Gasteiger partial charge in [0.15, 0.2) is 6.29 Å². The van der Waals surface area contributed by atoms with Crippen LogP contribution in [0.2, 0.25) is 0 Å². The van der Waals surface area contributed by atoms with Gasteiger partial charge in [-0.1, -0.05) is 19.3 Å². The lowest BCUT2D eigenvalue weighted by atomic mass is 9.89. The SMILES string of the molecule is COC(OC)C1CCCCC1.FOC1CCNCC1. The Morgan fingerprint density at radius 1 is 0.947 bits per heavy atom. The zero-order chi connectivity index (χ0) is 13.9. The molecule has 0 unspecified atom stereocenters. The lowest BCUT2D eigenvalue weighted by Crippen LogP contribution is -2.31. The molecule has 5 heteroatoms. The predicted molar refractivity (Wildman–Crippen MR) is 72.5 cm³/mol. The third-order valence-electron chi connectivity index (χ3n) is 3.91. The molecule has 2 fully saturated rings. The largest absolute Gasteiger partial charge is 0.356 e. The summed E-state index contributed by atoms with van der Waals surface area (Å²) < 4.78 is 21.8. The smallest absolute Gasteiger partial charge is 0.159 e. The lowest BCUT2D eigenvalue weighted by molar-refractivity contribution is -0.185. The fraction of sp³-hybridized carbons (Fsp3) is 1.00. The second kappa shape index (κ2) is 10.5. The molecule has 2 rings (SSSR count). The summed E-state index contributed by atoms with van der Waals surface area (Å²) in [5.74, 6) is 0.638. The Hall–Kier alpha value is -0.230. The summed E-state index contributed by atoms with van der Waals surface area (Å²) >= 11 is 0. The predicted octanol–water partition coefficient (Wildman–Crippen LogP) is 2.83. The first kappa shape index (κ1) is 16.8. The highest BCUT2D eigenvalue weighted by atomic mass is 19.3. The summed E-state index contributed by atoms with van der Waals surface area (Å²) in [6.07, 6.45) is 8.11. The minimum absolute atomic E-state index is 0.0373. The zero-order valence-electron chi connectivity index (χ0n) is 12.2. The quantitative estimate of drug-likeness (QED) is 0.802. The summed E-state index contributed by atoms with van der Waals surface area (Å²) in [6.45, 7) is 1.77. The number of rotatable bonds is 4. The molecule has 1 heterocycles. The summed E-state index contributed by atoms with van der Waals surface area (Å²) in [5.41, 5.74) is 0. The van der Waals surface area contributed by atoms with Crippen molar-refractivity contribution in [2.24, 2.45) is 5.92 Å². The molecule has 4 nitrogen and oxygen atoms in total. The zero-order valence-corrected chi connectivity index (χ0v) is 12.2. The van der Waals surface area contributed by atoms with Crippen molar-refractivity contribution in [2.75, 3.05) is 27.3 Å². The van der Waals surface area contributed by atoms with Gasteiger partial charge in [-0.25, -0.2) is 0 Å². The minimum atomic E-state index is -0.142. The maximum atomic E-state index is 11.4. The highest BCUT2D eigenvalue weighted by Crippen LogP contribution is 2.27. The fourth-order valence-electron chi connectivity index (χ4n) is 2.77. The monoisotopic (exact) mass is 277 g/mol. The van der Waals surface area contributed by atoms with Crippen molar-refractivity contribution in [1.82, 2.24) is 5.32 Å². The highest BCUT2D eigenvalue weighted by Gasteiger charge is 2.22. The van der Waals surface area contributed by atoms with E-state index < -0.39 is 0 Å². The van der Waals surface area contributed by atoms with E-state index in [-0.39, 0.29) is 12.4 Å². The molecule has 114 valence electrons. The number of piperidine rings is 1. The van der Waals surface area contributed by atoms with Gasteiger partial charge in [0.25, 0.3) is 0 Å². The number of methoxy groups -OCH3 is 2. The van der Waals surface area contributed by atoms with Crippen molar-refractivity contribution in [3.05, 3.63) is 0 Å². The van der Waals surface area contributed by atoms with E-state index in [4.69, 9.17) is 9.47 Å². The molecule has 0 aromatic heterocycles. The summed E-state index contributed by atoms with van der Waals surface area (Å²) in [6, 6.07) is 0. The molecule has 0 atom stereocenters. The van der Waals surface area contributed by atoms with E-state index in [1.807, 2.05) is 0 Å². The van der Waals surface area contributed by atoms with Crippen LogP contribution in [0.15, 0.2) is 0 Å². The Labute approximate surface area is 115 Å². The van der Waals surface area contributed by atoms with Gasteiger partial charge in [-0.3, -0.25) is 0 Å². The third-order valence-corrected chi connectivity index (χ3v) is 3.91. The van der Waals surface area contributed by atoms with Crippen molar-refractivity contribution in [3.8, 4) is 0 Å². The maximum Gasteiger partial charge on any atom is 0.159 e. The topological polar surface area (TPSA) is 39.7 Å². The summed E-state index contributed by atoms with van der Waals surface area (Å²) in [5, 5.41) is 3.10. The van der Waals surface area contributed by atoms with Gasteiger partial charge < -0.3 is 14.8 Å². The van der Waals surface area contributed by atoms with Crippen molar-refractivity contribution < 1.29 is 18.9 Å². The molecule has 0 amide bonds. The van der Waals surface area contributed by atoms with E-state index in [0.717, 1.165) is 25.9 Å². The Kier molecular flexibility index (Phi) is 9.34. The van der Waals surface area contributed by atoms with Crippen LogP contribution in [0.25, 0.3) is 0 Å². The molecular weight excluding hydrogens is 249 g/mol. The Morgan fingerprint density at radius 2 is 1.53 bits per heavy atom. The Bertz CT molecular complexity index is 203. The lowest BCUT2D eigenvalue weighted by Gasteiger charge is -2.27. The molecule has 1 saturated heterocycles. The molecule has 1 N–H and O–H groups in total. The summed E-state index contributed by atoms with van der Waals surface area (Å²) in [7, 11) is 3.45. The average Bonchev–Trinajstić information content (AvgIpc) is 2.51. The van der Waals surface area contributed by atoms with Gasteiger partial charge in [0.05, 0.1) is 0 Å². The first-order chi connectivity index (χ1) is 9.31. The van der Waals surface area contributed by atoms with Crippen molar-refractivity contribution >= 4 is 0 Å². The van der Waals surface area contributed by atoms with E-state index in [9.17, 15) is 4.53 Å². The van der Waals surface area contributed by atoms with Gasteiger partial charge in [-0.15, -0.1) is 0 Å². The molecule has 0 radical (unpaired) electrons. The van der Waals surface area contributed by atoms with Crippen LogP contribution in [-0.2, 0) is 14.4 Å². The molecule has 1 aliphatic heterocycles. The van der Waals surface area contributed by atoms with E-state index in [0.29, 0.717) is 5.92 Å². The number of hydrogen-bond donors (Lipinski definition) is 1. The normalized spacial score (nSPS) is 22.1. The fourth-order valence-corrected chi connectivity index (χ4v) is 2.77. The average molecular weight is 277 g/mol. The van der Waals surface area contributed by atoms with Crippen LogP contribution in [0.1, 0.15) is 44.9 Å². The van der Waals surface area contributed by atoms with Gasteiger partial charge in [0.2, 0.25) is 0 Å². The second-order valence-electron chi connectivity index (χ2n) is 5.28. The molecule has 0 bridgehead atoms. The van der Waals surface area contributed by atoms with E-state index in [1.54, 1.807) is 14.2 Å². The van der Waals surface area contributed by atoms with Crippen molar-refractivity contribution in [3.63, 3.8) is 0 Å². The summed E-state index contributed by atoms with van der Waals surface area (Å²) in [4.78, 5) is 3.65. The van der Waals surface area contributed by atoms with Gasteiger partial charge >= 0.3 is 0 Å². The first-order valence-corrected chi connectivity index (χ1v) is 7.35. The van der Waals surface area contributed by atoms with Crippen LogP contribution >= 0.6 is 0 Å². The molecule has 1 aliphatic carbocycles. The van der Waals surface area contributed by atoms with Crippen LogP contribution < -0.4 is 5.32 Å². The molecular formula is C14H28FNO3. The highest BCUT2D eigenvalue weighted by molar-refractivity contribution is 4.68. The Balaban J connectivity index is 0.000000200. The van der Waals surface area contributed by atoms with Crippen LogP contribution in [-0.4, -0.2) is 39.7 Å². The van der Waals surface area contributed by atoms with E-state index >= 15 is 0 Å². The number of nitrogens with one attached hydrogen (secondary N) is 1. The van der Waals surface area contributed by atoms with Crippen LogP contribution in [0.3, 0.4) is 0 Å². The molecule has 1 saturated carbocycles. The molecule has 19 heavy (non-hydrogen) atoms. The number of hydrogen-bond acceptors (Lipinski definition) is 4. The van der Waals surface area contributed by atoms with Gasteiger partial charge in [0, 0.05) is 20.1 Å². The van der Waals surface area contributed by atoms with Crippen molar-refractivity contribution in [2.45, 2.75) is 57.3 Å². The van der Waals surface area contributed by atoms with Crippen molar-refractivity contribution in [1.29, 1.82) is 0 Å². The van der Waals surface area contributed by atoms with Gasteiger partial charge in [-0.2, -0.15) is 4.94 Å². The van der Waals surface area contributed by atoms with E-state index in [1.165, 1.54) is 32.1 Å². The second-order valence-corrected chi connectivity index (χ2v) is 5.28. The number of halogens is 1. The van der Waals surface area contributed by atoms with Crippen LogP contribution in [0, 0.1) is 5.92 Å². The first-order valence-electron chi connectivity index (χ1n) is 7.35. The third kappa shape index (κ3) is 6.65. The van der Waals surface area contributed by atoms with Gasteiger partial charge in [-0.05, 0) is 43.3 Å².